The predicted octanol–water partition coefficient (Wildman–Crippen LogP) is 1.66. The van der Waals surface area contributed by atoms with Gasteiger partial charge in [-0.25, -0.2) is 0 Å². The average Bonchev–Trinajstić information content (AvgIpc) is 1.79. The highest BCUT2D eigenvalue weighted by Gasteiger charge is 2.47. The summed E-state index contributed by atoms with van der Waals surface area (Å²) < 4.78 is 0. The van der Waals surface area contributed by atoms with Crippen LogP contribution in [0.4, 0.5) is 0 Å². The minimum atomic E-state index is -0.637. The summed E-state index contributed by atoms with van der Waals surface area (Å²) in [5.74, 6) is 0.256. The Morgan fingerprint density at radius 3 is 2.75 bits per heavy atom. The summed E-state index contributed by atoms with van der Waals surface area (Å²) in [5.41, 5.74) is -0.523. The fraction of sp³-hybridized carbons (Fsp3) is 0.900. The van der Waals surface area contributed by atoms with Gasteiger partial charge in [0.05, 0.1) is 5.60 Å². The fourth-order valence-corrected chi connectivity index (χ4v) is 3.02. The second-order valence-electron chi connectivity index (χ2n) is 4.96. The summed E-state index contributed by atoms with van der Waals surface area (Å²) in [6.45, 7) is 2.13. The predicted molar refractivity (Wildman–Crippen MR) is 45.8 cm³/mol. The first kappa shape index (κ1) is 8.24. The molecule has 68 valence electrons. The summed E-state index contributed by atoms with van der Waals surface area (Å²) in [6, 6.07) is 0. The van der Waals surface area contributed by atoms with Crippen LogP contribution in [-0.4, -0.2) is 16.5 Å². The number of carbonyl (C=O) groups excluding carboxylic acids is 1. The van der Waals surface area contributed by atoms with Crippen LogP contribution in [0.3, 0.4) is 0 Å². The van der Waals surface area contributed by atoms with Gasteiger partial charge in [0.25, 0.3) is 0 Å². The molecule has 0 unspecified atom stereocenters. The van der Waals surface area contributed by atoms with Crippen LogP contribution in [0.5, 0.6) is 0 Å². The van der Waals surface area contributed by atoms with Crippen molar-refractivity contribution in [3.05, 3.63) is 0 Å². The molecule has 2 saturated carbocycles. The molecule has 2 aliphatic carbocycles. The Labute approximate surface area is 73.0 Å². The van der Waals surface area contributed by atoms with E-state index in [1.54, 1.807) is 0 Å². The smallest absolute Gasteiger partial charge is 0.136 e. The number of carbonyl (C=O) groups is 1. The van der Waals surface area contributed by atoms with Crippen molar-refractivity contribution < 1.29 is 9.90 Å². The maximum Gasteiger partial charge on any atom is 0.136 e. The van der Waals surface area contributed by atoms with E-state index in [-0.39, 0.29) is 11.2 Å². The van der Waals surface area contributed by atoms with Gasteiger partial charge in [0.2, 0.25) is 0 Å². The van der Waals surface area contributed by atoms with Crippen LogP contribution in [0.1, 0.15) is 45.4 Å². The van der Waals surface area contributed by atoms with Crippen LogP contribution in [0.2, 0.25) is 0 Å². The molecule has 2 fully saturated rings. The Hall–Kier alpha value is -0.370. The molecule has 2 nitrogen and oxygen atoms in total. The zero-order valence-electron chi connectivity index (χ0n) is 7.60. The molecule has 0 aromatic rings. The normalized spacial score (nSPS) is 47.7. The number of aliphatic hydroxyl groups is 1. The van der Waals surface area contributed by atoms with Gasteiger partial charge in [0, 0.05) is 12.8 Å². The van der Waals surface area contributed by atoms with Gasteiger partial charge >= 0.3 is 0 Å². The molecule has 2 atom stereocenters. The Bertz CT molecular complexity index is 204. The third-order valence-corrected chi connectivity index (χ3v) is 3.33. The number of hydrogen-bond acceptors (Lipinski definition) is 2. The van der Waals surface area contributed by atoms with Crippen molar-refractivity contribution in [1.29, 1.82) is 0 Å². The third kappa shape index (κ3) is 1.28. The largest absolute Gasteiger partial charge is 0.389 e. The Kier molecular flexibility index (Phi) is 1.59. The van der Waals surface area contributed by atoms with E-state index in [2.05, 4.69) is 6.92 Å². The zero-order chi connectivity index (χ0) is 8.82. The van der Waals surface area contributed by atoms with Gasteiger partial charge in [0.15, 0.2) is 0 Å². The SMILES string of the molecule is C[C@@]12CCC[C@@](O)(CC(=O)C1)C2. The Morgan fingerprint density at radius 2 is 2.08 bits per heavy atom. The highest BCUT2D eigenvalue weighted by Crippen LogP contribution is 2.49. The van der Waals surface area contributed by atoms with E-state index in [0.717, 1.165) is 25.7 Å². The van der Waals surface area contributed by atoms with E-state index in [1.807, 2.05) is 0 Å². The number of ketones is 1. The molecule has 0 amide bonds. The van der Waals surface area contributed by atoms with Gasteiger partial charge in [-0.3, -0.25) is 4.79 Å². The van der Waals surface area contributed by atoms with Crippen LogP contribution in [0.25, 0.3) is 0 Å². The molecule has 0 aliphatic heterocycles. The molecule has 2 heteroatoms. The molecule has 0 radical (unpaired) electrons. The lowest BCUT2D eigenvalue weighted by atomic mass is 9.60. The highest BCUT2D eigenvalue weighted by atomic mass is 16.3. The number of rotatable bonds is 0. The average molecular weight is 168 g/mol. The monoisotopic (exact) mass is 168 g/mol. The zero-order valence-corrected chi connectivity index (χ0v) is 7.60. The van der Waals surface area contributed by atoms with Crippen LogP contribution in [0.15, 0.2) is 0 Å². The van der Waals surface area contributed by atoms with Crippen LogP contribution < -0.4 is 0 Å². The van der Waals surface area contributed by atoms with Crippen molar-refractivity contribution in [1.82, 2.24) is 0 Å². The van der Waals surface area contributed by atoms with Gasteiger partial charge in [0.1, 0.15) is 5.78 Å². The lowest BCUT2D eigenvalue weighted by molar-refractivity contribution is -0.141. The first-order chi connectivity index (χ1) is 5.52. The molecule has 2 rings (SSSR count). The van der Waals surface area contributed by atoms with Gasteiger partial charge in [-0.15, -0.1) is 0 Å². The molecular formula is C10H16O2. The lowest BCUT2D eigenvalue weighted by Gasteiger charge is -2.47. The lowest BCUT2D eigenvalue weighted by Crippen LogP contribution is -2.47. The van der Waals surface area contributed by atoms with E-state index in [1.165, 1.54) is 0 Å². The van der Waals surface area contributed by atoms with Crippen LogP contribution in [-0.2, 0) is 4.79 Å². The first-order valence-corrected chi connectivity index (χ1v) is 4.76. The third-order valence-electron chi connectivity index (χ3n) is 3.33. The van der Waals surface area contributed by atoms with Crippen molar-refractivity contribution >= 4 is 5.78 Å². The molecule has 0 spiro atoms. The molecule has 1 N–H and O–H groups in total. The topological polar surface area (TPSA) is 37.3 Å². The minimum Gasteiger partial charge on any atom is -0.389 e. The van der Waals surface area contributed by atoms with Crippen molar-refractivity contribution in [3.8, 4) is 0 Å². The van der Waals surface area contributed by atoms with Crippen molar-refractivity contribution in [2.24, 2.45) is 5.41 Å². The van der Waals surface area contributed by atoms with Gasteiger partial charge in [-0.05, 0) is 24.7 Å². The van der Waals surface area contributed by atoms with Crippen molar-refractivity contribution in [2.45, 2.75) is 51.0 Å². The van der Waals surface area contributed by atoms with E-state index >= 15 is 0 Å². The van der Waals surface area contributed by atoms with E-state index < -0.39 is 5.60 Å². The number of fused-ring (bicyclic) bond motifs is 2. The quantitative estimate of drug-likeness (QED) is 0.597. The molecular weight excluding hydrogens is 152 g/mol. The van der Waals surface area contributed by atoms with Crippen LogP contribution in [0, 0.1) is 5.41 Å². The van der Waals surface area contributed by atoms with Gasteiger partial charge < -0.3 is 5.11 Å². The number of Topliss-reactive ketones (excluding diaryl/α,β-unsaturated/α-hetero) is 1. The molecule has 2 bridgehead atoms. The van der Waals surface area contributed by atoms with Gasteiger partial charge in [-0.1, -0.05) is 13.3 Å². The standard InChI is InChI=1S/C10H16O2/c1-9-3-2-4-10(12,7-9)6-8(11)5-9/h12H,2-7H2,1H3/t9-,10-/m1/s1. The number of hydrogen-bond donors (Lipinski definition) is 1. The Balaban J connectivity index is 2.24. The minimum absolute atomic E-state index is 0.113. The van der Waals surface area contributed by atoms with E-state index in [9.17, 15) is 9.90 Å². The summed E-state index contributed by atoms with van der Waals surface area (Å²) in [7, 11) is 0. The van der Waals surface area contributed by atoms with Gasteiger partial charge in [-0.2, -0.15) is 0 Å². The summed E-state index contributed by atoms with van der Waals surface area (Å²) in [5, 5.41) is 10.0. The molecule has 12 heavy (non-hydrogen) atoms. The van der Waals surface area contributed by atoms with Crippen LogP contribution >= 0.6 is 0 Å². The Morgan fingerprint density at radius 1 is 1.33 bits per heavy atom. The summed E-state index contributed by atoms with van der Waals surface area (Å²) in [4.78, 5) is 11.3. The second kappa shape index (κ2) is 2.32. The molecule has 0 saturated heterocycles. The van der Waals surface area contributed by atoms with E-state index in [0.29, 0.717) is 12.8 Å². The molecule has 2 aliphatic rings. The second-order valence-corrected chi connectivity index (χ2v) is 4.96. The maximum absolute atomic E-state index is 11.3. The fourth-order valence-electron chi connectivity index (χ4n) is 3.02. The summed E-state index contributed by atoms with van der Waals surface area (Å²) >= 11 is 0. The van der Waals surface area contributed by atoms with E-state index in [4.69, 9.17) is 0 Å². The van der Waals surface area contributed by atoms with Crippen molar-refractivity contribution in [2.75, 3.05) is 0 Å². The molecule has 0 aromatic heterocycles. The summed E-state index contributed by atoms with van der Waals surface area (Å²) in [6.07, 6.45) is 4.96. The highest BCUT2D eigenvalue weighted by molar-refractivity contribution is 5.81. The molecule has 0 heterocycles. The van der Waals surface area contributed by atoms with Crippen molar-refractivity contribution in [3.63, 3.8) is 0 Å². The first-order valence-electron chi connectivity index (χ1n) is 4.76. The maximum atomic E-state index is 11.3. The molecule has 0 aromatic carbocycles.